The molecule has 2 unspecified atom stereocenters. The molecule has 1 heterocycles. The van der Waals surface area contributed by atoms with Gasteiger partial charge in [0.05, 0.1) is 12.6 Å². The summed E-state index contributed by atoms with van der Waals surface area (Å²) in [6, 6.07) is 7.78. The normalized spacial score (nSPS) is 19.2. The van der Waals surface area contributed by atoms with E-state index >= 15 is 0 Å². The summed E-state index contributed by atoms with van der Waals surface area (Å²) in [5.41, 5.74) is 7.32. The maximum Gasteiger partial charge on any atom is 0.249 e. The minimum Gasteiger partial charge on any atom is -0.368 e. The smallest absolute Gasteiger partial charge is 0.249 e. The zero-order valence-electron chi connectivity index (χ0n) is 12.4. The quantitative estimate of drug-likeness (QED) is 0.832. The molecule has 2 rings (SSSR count). The zero-order chi connectivity index (χ0) is 15.1. The third kappa shape index (κ3) is 4.59. The average molecular weight is 286 g/mol. The molecule has 112 valence electrons. The molecule has 1 aliphatic heterocycles. The van der Waals surface area contributed by atoms with Crippen molar-refractivity contribution in [3.63, 3.8) is 0 Å². The van der Waals surface area contributed by atoms with Crippen LogP contribution in [-0.4, -0.2) is 25.2 Å². The third-order valence-electron chi connectivity index (χ3n) is 3.55. The van der Waals surface area contributed by atoms with Crippen molar-refractivity contribution in [3.05, 3.63) is 35.4 Å². The van der Waals surface area contributed by atoms with Gasteiger partial charge in [0.1, 0.15) is 6.10 Å². The Morgan fingerprint density at radius 2 is 2.38 bits per heavy atom. The van der Waals surface area contributed by atoms with Crippen LogP contribution < -0.4 is 11.1 Å². The van der Waals surface area contributed by atoms with Crippen molar-refractivity contribution in [2.24, 2.45) is 5.73 Å². The molecule has 0 bridgehead atoms. The van der Waals surface area contributed by atoms with Crippen LogP contribution >= 0.6 is 0 Å². The predicted molar refractivity (Wildman–Crippen MR) is 82.5 cm³/mol. The first-order chi connectivity index (χ1) is 10.2. The number of carbonyl (C=O) groups excluding carboxylic acids is 1. The molecule has 0 aromatic heterocycles. The third-order valence-corrected chi connectivity index (χ3v) is 3.55. The number of rotatable bonds is 3. The highest BCUT2D eigenvalue weighted by molar-refractivity contribution is 5.81. The van der Waals surface area contributed by atoms with Gasteiger partial charge >= 0.3 is 0 Å². The highest BCUT2D eigenvalue weighted by atomic mass is 16.5. The first kappa shape index (κ1) is 15.6. The molecule has 0 saturated carbocycles. The van der Waals surface area contributed by atoms with Gasteiger partial charge in [-0.25, -0.2) is 0 Å². The standard InChI is InChI=1S/C17H22N2O2/c1-13(19-17(20)16-9-2-3-11-21-16)15-8-4-6-14(12-15)7-5-10-18/h4,6,8,12-13,16H,2-3,9-11,18H2,1H3,(H,19,20). The first-order valence-corrected chi connectivity index (χ1v) is 7.41. The van der Waals surface area contributed by atoms with E-state index in [0.717, 1.165) is 30.4 Å². The van der Waals surface area contributed by atoms with E-state index in [1.54, 1.807) is 0 Å². The summed E-state index contributed by atoms with van der Waals surface area (Å²) in [5, 5.41) is 3.01. The SMILES string of the molecule is CC(NC(=O)C1CCCCO1)c1cccc(C#CCN)c1. The van der Waals surface area contributed by atoms with Crippen molar-refractivity contribution in [3.8, 4) is 11.8 Å². The number of carbonyl (C=O) groups is 1. The second-order valence-electron chi connectivity index (χ2n) is 5.22. The van der Waals surface area contributed by atoms with Gasteiger partial charge in [-0.1, -0.05) is 24.0 Å². The molecule has 1 fully saturated rings. The molecule has 1 aromatic carbocycles. The van der Waals surface area contributed by atoms with Gasteiger partial charge in [0.2, 0.25) is 5.91 Å². The summed E-state index contributed by atoms with van der Waals surface area (Å²) in [5.74, 6) is 5.81. The molecular formula is C17H22N2O2. The van der Waals surface area contributed by atoms with Gasteiger partial charge in [0, 0.05) is 12.2 Å². The molecule has 0 spiro atoms. The van der Waals surface area contributed by atoms with E-state index in [0.29, 0.717) is 13.2 Å². The molecule has 0 radical (unpaired) electrons. The monoisotopic (exact) mass is 286 g/mol. The number of benzene rings is 1. The van der Waals surface area contributed by atoms with E-state index in [1.165, 1.54) is 0 Å². The fourth-order valence-corrected chi connectivity index (χ4v) is 2.38. The summed E-state index contributed by atoms with van der Waals surface area (Å²) in [7, 11) is 0. The van der Waals surface area contributed by atoms with Crippen molar-refractivity contribution in [1.29, 1.82) is 0 Å². The molecule has 21 heavy (non-hydrogen) atoms. The van der Waals surface area contributed by atoms with Crippen molar-refractivity contribution < 1.29 is 9.53 Å². The van der Waals surface area contributed by atoms with E-state index < -0.39 is 0 Å². The van der Waals surface area contributed by atoms with Crippen molar-refractivity contribution in [2.45, 2.75) is 38.3 Å². The Labute approximate surface area is 126 Å². The summed E-state index contributed by atoms with van der Waals surface area (Å²) >= 11 is 0. The molecular weight excluding hydrogens is 264 g/mol. The van der Waals surface area contributed by atoms with Crippen LogP contribution in [0.15, 0.2) is 24.3 Å². The maximum atomic E-state index is 12.2. The van der Waals surface area contributed by atoms with E-state index in [9.17, 15) is 4.79 Å². The fraction of sp³-hybridized carbons (Fsp3) is 0.471. The topological polar surface area (TPSA) is 64.3 Å². The highest BCUT2D eigenvalue weighted by Gasteiger charge is 2.23. The van der Waals surface area contributed by atoms with E-state index in [-0.39, 0.29) is 18.1 Å². The van der Waals surface area contributed by atoms with Gasteiger partial charge in [-0.05, 0) is 43.9 Å². The van der Waals surface area contributed by atoms with Gasteiger partial charge in [-0.3, -0.25) is 4.79 Å². The number of nitrogens with one attached hydrogen (secondary N) is 1. The van der Waals surface area contributed by atoms with Crippen LogP contribution in [0.4, 0.5) is 0 Å². The van der Waals surface area contributed by atoms with Crippen molar-refractivity contribution in [2.75, 3.05) is 13.2 Å². The highest BCUT2D eigenvalue weighted by Crippen LogP contribution is 2.17. The maximum absolute atomic E-state index is 12.2. The Hall–Kier alpha value is -1.83. The lowest BCUT2D eigenvalue weighted by atomic mass is 10.0. The summed E-state index contributed by atoms with van der Waals surface area (Å²) in [6.07, 6.45) is 2.60. The Kier molecular flexibility index (Phi) is 5.79. The molecule has 3 N–H and O–H groups in total. The first-order valence-electron chi connectivity index (χ1n) is 7.41. The second-order valence-corrected chi connectivity index (χ2v) is 5.22. The van der Waals surface area contributed by atoms with E-state index in [4.69, 9.17) is 10.5 Å². The minimum atomic E-state index is -0.304. The minimum absolute atomic E-state index is 0.0272. The Balaban J connectivity index is 1.99. The van der Waals surface area contributed by atoms with Crippen LogP contribution in [0.1, 0.15) is 43.4 Å². The number of amides is 1. The Morgan fingerprint density at radius 1 is 1.52 bits per heavy atom. The number of hydrogen-bond acceptors (Lipinski definition) is 3. The van der Waals surface area contributed by atoms with Crippen molar-refractivity contribution >= 4 is 5.91 Å². The lowest BCUT2D eigenvalue weighted by Crippen LogP contribution is -2.39. The van der Waals surface area contributed by atoms with Crippen LogP contribution in [0.5, 0.6) is 0 Å². The Morgan fingerprint density at radius 3 is 3.10 bits per heavy atom. The summed E-state index contributed by atoms with van der Waals surface area (Å²) < 4.78 is 5.51. The molecule has 1 saturated heterocycles. The van der Waals surface area contributed by atoms with E-state index in [1.807, 2.05) is 31.2 Å². The molecule has 1 aromatic rings. The predicted octanol–water partition coefficient (Wildman–Crippen LogP) is 1.74. The molecule has 1 aliphatic rings. The Bertz CT molecular complexity index is 539. The van der Waals surface area contributed by atoms with Gasteiger partial charge in [-0.2, -0.15) is 0 Å². The molecule has 4 heteroatoms. The average Bonchev–Trinajstić information content (AvgIpc) is 2.54. The number of hydrogen-bond donors (Lipinski definition) is 2. The van der Waals surface area contributed by atoms with Crippen LogP contribution in [0, 0.1) is 11.8 Å². The van der Waals surface area contributed by atoms with Crippen LogP contribution in [0.3, 0.4) is 0 Å². The number of ether oxygens (including phenoxy) is 1. The van der Waals surface area contributed by atoms with Crippen LogP contribution in [-0.2, 0) is 9.53 Å². The zero-order valence-corrected chi connectivity index (χ0v) is 12.4. The summed E-state index contributed by atoms with van der Waals surface area (Å²) in [4.78, 5) is 12.2. The lowest BCUT2D eigenvalue weighted by molar-refractivity contribution is -0.136. The van der Waals surface area contributed by atoms with Crippen molar-refractivity contribution in [1.82, 2.24) is 5.32 Å². The van der Waals surface area contributed by atoms with Crippen LogP contribution in [0.2, 0.25) is 0 Å². The lowest BCUT2D eigenvalue weighted by Gasteiger charge is -2.24. The fourth-order valence-electron chi connectivity index (χ4n) is 2.38. The molecule has 0 aliphatic carbocycles. The van der Waals surface area contributed by atoms with Gasteiger partial charge in [0.25, 0.3) is 0 Å². The molecule has 1 amide bonds. The molecule has 2 atom stereocenters. The largest absolute Gasteiger partial charge is 0.368 e. The van der Waals surface area contributed by atoms with Crippen LogP contribution in [0.25, 0.3) is 0 Å². The second kappa shape index (κ2) is 7.82. The van der Waals surface area contributed by atoms with Gasteiger partial charge in [0.15, 0.2) is 0 Å². The molecule has 4 nitrogen and oxygen atoms in total. The van der Waals surface area contributed by atoms with E-state index in [2.05, 4.69) is 17.2 Å². The number of nitrogens with two attached hydrogens (primary N) is 1. The summed E-state index contributed by atoms with van der Waals surface area (Å²) in [6.45, 7) is 2.99. The van der Waals surface area contributed by atoms with Gasteiger partial charge in [-0.15, -0.1) is 0 Å². The van der Waals surface area contributed by atoms with Gasteiger partial charge < -0.3 is 15.8 Å².